The molecule has 0 fully saturated rings. The van der Waals surface area contributed by atoms with Crippen molar-refractivity contribution in [1.29, 1.82) is 0 Å². The van der Waals surface area contributed by atoms with E-state index in [1.54, 1.807) is 0 Å². The van der Waals surface area contributed by atoms with E-state index in [0.29, 0.717) is 12.1 Å². The van der Waals surface area contributed by atoms with Crippen molar-refractivity contribution in [3.63, 3.8) is 0 Å². The van der Waals surface area contributed by atoms with Gasteiger partial charge in [-0.25, -0.2) is 0 Å². The lowest BCUT2D eigenvalue weighted by atomic mass is 10.0. The predicted molar refractivity (Wildman–Crippen MR) is 140 cm³/mol. The molecule has 0 saturated heterocycles. The Morgan fingerprint density at radius 1 is 0.853 bits per heavy atom. The van der Waals surface area contributed by atoms with Crippen molar-refractivity contribution in [2.45, 2.75) is 44.9 Å². The summed E-state index contributed by atoms with van der Waals surface area (Å²) >= 11 is 0. The number of rotatable bonds is 6. The highest BCUT2D eigenvalue weighted by Gasteiger charge is 2.19. The Hall–Kier alpha value is -3.59. The summed E-state index contributed by atoms with van der Waals surface area (Å²) in [5, 5.41) is 3.10. The van der Waals surface area contributed by atoms with Crippen LogP contribution in [0.5, 0.6) is 0 Å². The second-order valence-corrected chi connectivity index (χ2v) is 9.33. The molecular weight excluding hydrogens is 416 g/mol. The smallest absolute Gasteiger partial charge is 0.251 e. The topological polar surface area (TPSA) is 34.0 Å². The monoisotopic (exact) mass is 448 g/mol. The van der Waals surface area contributed by atoms with Gasteiger partial charge in [-0.2, -0.15) is 0 Å². The number of aryl methyl sites for hydroxylation is 1. The van der Waals surface area contributed by atoms with Crippen LogP contribution in [0.3, 0.4) is 0 Å². The van der Waals surface area contributed by atoms with Gasteiger partial charge in [-0.3, -0.25) is 4.79 Å². The van der Waals surface area contributed by atoms with Gasteiger partial charge in [-0.15, -0.1) is 0 Å². The molecule has 0 spiro atoms. The largest absolute Gasteiger partial charge is 0.351 e. The van der Waals surface area contributed by atoms with Crippen LogP contribution in [0.2, 0.25) is 0 Å². The molecule has 3 aromatic carbocycles. The Labute approximate surface area is 202 Å². The van der Waals surface area contributed by atoms with Crippen LogP contribution in [-0.2, 0) is 12.8 Å². The van der Waals surface area contributed by atoms with Crippen LogP contribution >= 0.6 is 0 Å². The number of aromatic nitrogens is 1. The van der Waals surface area contributed by atoms with Crippen LogP contribution < -0.4 is 5.32 Å². The SMILES string of the molecule is C[C@H](CNC(=O)c1ccc(-n2c(-c3ccccc3)cc3c2CCCCC3)cc1)c1ccccc1. The van der Waals surface area contributed by atoms with E-state index >= 15 is 0 Å². The quantitative estimate of drug-likeness (QED) is 0.318. The van der Waals surface area contributed by atoms with Gasteiger partial charge in [0.25, 0.3) is 5.91 Å². The molecule has 172 valence electrons. The number of hydrogen-bond donors (Lipinski definition) is 1. The Morgan fingerprint density at radius 3 is 2.26 bits per heavy atom. The second-order valence-electron chi connectivity index (χ2n) is 9.33. The summed E-state index contributed by atoms with van der Waals surface area (Å²) in [6.07, 6.45) is 6.01. The number of carbonyl (C=O) groups is 1. The molecule has 1 amide bonds. The minimum atomic E-state index is -0.0241. The van der Waals surface area contributed by atoms with Crippen LogP contribution in [-0.4, -0.2) is 17.0 Å². The molecule has 4 aromatic rings. The van der Waals surface area contributed by atoms with Crippen molar-refractivity contribution in [3.8, 4) is 16.9 Å². The zero-order chi connectivity index (χ0) is 23.3. The molecule has 5 rings (SSSR count). The number of hydrogen-bond acceptors (Lipinski definition) is 1. The van der Waals surface area contributed by atoms with Crippen LogP contribution in [0.4, 0.5) is 0 Å². The lowest BCUT2D eigenvalue weighted by molar-refractivity contribution is 0.0951. The number of carbonyl (C=O) groups excluding carboxylic acids is 1. The van der Waals surface area contributed by atoms with Gasteiger partial charge in [0, 0.05) is 23.5 Å². The molecule has 1 aromatic heterocycles. The van der Waals surface area contributed by atoms with Gasteiger partial charge in [-0.05, 0) is 78.6 Å². The number of nitrogens with zero attached hydrogens (tertiary/aromatic N) is 1. The molecule has 1 aliphatic carbocycles. The first-order chi connectivity index (χ1) is 16.7. The first-order valence-corrected chi connectivity index (χ1v) is 12.4. The Balaban J connectivity index is 1.39. The van der Waals surface area contributed by atoms with Gasteiger partial charge in [0.15, 0.2) is 0 Å². The Bertz CT molecular complexity index is 1240. The van der Waals surface area contributed by atoms with E-state index < -0.39 is 0 Å². The number of amides is 1. The summed E-state index contributed by atoms with van der Waals surface area (Å²) in [4.78, 5) is 12.8. The number of nitrogens with one attached hydrogen (secondary N) is 1. The molecule has 1 heterocycles. The summed E-state index contributed by atoms with van der Waals surface area (Å²) in [5.74, 6) is 0.247. The third-order valence-corrected chi connectivity index (χ3v) is 6.95. The minimum absolute atomic E-state index is 0.0241. The fourth-order valence-corrected chi connectivity index (χ4v) is 5.00. The minimum Gasteiger partial charge on any atom is -0.351 e. The van der Waals surface area contributed by atoms with Gasteiger partial charge in [0.1, 0.15) is 0 Å². The van der Waals surface area contributed by atoms with E-state index in [4.69, 9.17) is 0 Å². The first kappa shape index (κ1) is 22.2. The van der Waals surface area contributed by atoms with Gasteiger partial charge >= 0.3 is 0 Å². The van der Waals surface area contributed by atoms with E-state index in [1.807, 2.05) is 30.3 Å². The molecule has 0 aliphatic heterocycles. The Morgan fingerprint density at radius 2 is 1.53 bits per heavy atom. The van der Waals surface area contributed by atoms with Crippen LogP contribution in [0, 0.1) is 0 Å². The molecule has 0 unspecified atom stereocenters. The lowest BCUT2D eigenvalue weighted by Gasteiger charge is -2.16. The van der Waals surface area contributed by atoms with Crippen molar-refractivity contribution < 1.29 is 4.79 Å². The first-order valence-electron chi connectivity index (χ1n) is 12.4. The molecule has 0 bridgehead atoms. The highest BCUT2D eigenvalue weighted by atomic mass is 16.1. The van der Waals surface area contributed by atoms with E-state index in [1.165, 1.54) is 47.3 Å². The summed E-state index contributed by atoms with van der Waals surface area (Å²) in [5.41, 5.74) is 8.41. The molecule has 3 heteroatoms. The molecule has 1 atom stereocenters. The standard InChI is InChI=1S/C31H32N2O/c1-23(24-11-5-2-6-12-24)22-32-31(34)26-17-19-28(20-18-26)33-29-16-10-4-9-15-27(29)21-30(33)25-13-7-3-8-14-25/h2-3,5-8,11-14,17-21,23H,4,9-10,15-16,22H2,1H3,(H,32,34)/t23-/m1/s1. The van der Waals surface area contributed by atoms with Crippen molar-refractivity contribution in [2.75, 3.05) is 6.54 Å². The number of fused-ring (bicyclic) bond motifs is 1. The molecule has 1 N–H and O–H groups in total. The molecule has 0 saturated carbocycles. The number of benzene rings is 3. The van der Waals surface area contributed by atoms with E-state index in [9.17, 15) is 4.79 Å². The molecule has 1 aliphatic rings. The summed E-state index contributed by atoms with van der Waals surface area (Å²) < 4.78 is 2.41. The highest BCUT2D eigenvalue weighted by Crippen LogP contribution is 2.33. The fourth-order valence-electron chi connectivity index (χ4n) is 5.00. The van der Waals surface area contributed by atoms with Gasteiger partial charge in [0.05, 0.1) is 5.69 Å². The maximum atomic E-state index is 12.8. The van der Waals surface area contributed by atoms with Crippen molar-refractivity contribution in [2.24, 2.45) is 0 Å². The third kappa shape index (κ3) is 4.70. The average Bonchev–Trinajstić information content (AvgIpc) is 3.10. The second kappa shape index (κ2) is 10.1. The molecule has 0 radical (unpaired) electrons. The molecule has 3 nitrogen and oxygen atoms in total. The maximum Gasteiger partial charge on any atom is 0.251 e. The van der Waals surface area contributed by atoms with Gasteiger partial charge in [-0.1, -0.05) is 74.0 Å². The highest BCUT2D eigenvalue weighted by molar-refractivity contribution is 5.94. The summed E-state index contributed by atoms with van der Waals surface area (Å²) in [6.45, 7) is 2.76. The van der Waals surface area contributed by atoms with E-state index in [-0.39, 0.29) is 11.8 Å². The molecular formula is C31H32N2O. The maximum absolute atomic E-state index is 12.8. The van der Waals surface area contributed by atoms with E-state index in [2.05, 4.69) is 77.5 Å². The summed E-state index contributed by atoms with van der Waals surface area (Å²) in [7, 11) is 0. The van der Waals surface area contributed by atoms with Crippen LogP contribution in [0.1, 0.15) is 59.3 Å². The van der Waals surface area contributed by atoms with Crippen LogP contribution in [0.15, 0.2) is 91.0 Å². The van der Waals surface area contributed by atoms with Crippen LogP contribution in [0.25, 0.3) is 16.9 Å². The zero-order valence-electron chi connectivity index (χ0n) is 19.8. The van der Waals surface area contributed by atoms with E-state index in [0.717, 1.165) is 18.5 Å². The van der Waals surface area contributed by atoms with Gasteiger partial charge < -0.3 is 9.88 Å². The zero-order valence-corrected chi connectivity index (χ0v) is 19.8. The third-order valence-electron chi connectivity index (χ3n) is 6.95. The Kier molecular flexibility index (Phi) is 6.62. The predicted octanol–water partition coefficient (Wildman–Crippen LogP) is 6.95. The van der Waals surface area contributed by atoms with Crippen molar-refractivity contribution in [3.05, 3.63) is 113 Å². The normalized spacial score (nSPS) is 14.1. The summed E-state index contributed by atoms with van der Waals surface area (Å²) in [6, 6.07) is 31.4. The average molecular weight is 449 g/mol. The van der Waals surface area contributed by atoms with Crippen molar-refractivity contribution >= 4 is 5.91 Å². The fraction of sp³-hybridized carbons (Fsp3) is 0.258. The lowest BCUT2D eigenvalue weighted by Crippen LogP contribution is -2.27. The van der Waals surface area contributed by atoms with Gasteiger partial charge in [0.2, 0.25) is 0 Å². The molecule has 34 heavy (non-hydrogen) atoms. The van der Waals surface area contributed by atoms with Crippen molar-refractivity contribution in [1.82, 2.24) is 9.88 Å².